The molecule has 0 aliphatic heterocycles. The molecule has 0 saturated heterocycles. The molecule has 2 N–H and O–H groups in total. The lowest BCUT2D eigenvalue weighted by atomic mass is 10.1. The topological polar surface area (TPSA) is 44.9 Å². The number of hydrogen-bond acceptors (Lipinski definition) is 2. The second kappa shape index (κ2) is 5.51. The second-order valence-corrected chi connectivity index (χ2v) is 5.68. The number of rotatable bonds is 4. The van der Waals surface area contributed by atoms with Crippen LogP contribution in [0.15, 0.2) is 41.8 Å². The van der Waals surface area contributed by atoms with E-state index >= 15 is 0 Å². The van der Waals surface area contributed by atoms with Crippen molar-refractivity contribution in [2.75, 3.05) is 6.54 Å². The van der Waals surface area contributed by atoms with Crippen LogP contribution in [0.1, 0.15) is 12.5 Å². The molecule has 3 aromatic rings. The van der Waals surface area contributed by atoms with Gasteiger partial charge in [-0.15, -0.1) is 11.3 Å². The lowest BCUT2D eigenvalue weighted by Gasteiger charge is -2.04. The van der Waals surface area contributed by atoms with Gasteiger partial charge in [-0.3, -0.25) is 4.79 Å². The van der Waals surface area contributed by atoms with Crippen molar-refractivity contribution in [3.8, 4) is 10.6 Å². The van der Waals surface area contributed by atoms with Crippen LogP contribution < -0.4 is 5.32 Å². The highest BCUT2D eigenvalue weighted by molar-refractivity contribution is 7.13. The Balaban J connectivity index is 2.02. The molecule has 0 atom stereocenters. The van der Waals surface area contributed by atoms with E-state index in [9.17, 15) is 4.79 Å². The number of para-hydroxylation sites is 1. The zero-order chi connectivity index (χ0) is 13.9. The molecule has 3 rings (SSSR count). The summed E-state index contributed by atoms with van der Waals surface area (Å²) in [6.45, 7) is 2.21. The maximum Gasteiger partial charge on any atom is 0.216 e. The van der Waals surface area contributed by atoms with Crippen LogP contribution in [0.2, 0.25) is 0 Å². The fraction of sp³-hybridized carbons (Fsp3) is 0.188. The average Bonchev–Trinajstić information content (AvgIpc) is 3.05. The molecule has 1 aromatic carbocycles. The van der Waals surface area contributed by atoms with Gasteiger partial charge in [0, 0.05) is 24.4 Å². The minimum absolute atomic E-state index is 0.0162. The smallest absolute Gasteiger partial charge is 0.216 e. The van der Waals surface area contributed by atoms with E-state index in [-0.39, 0.29) is 5.91 Å². The van der Waals surface area contributed by atoms with Crippen molar-refractivity contribution in [3.05, 3.63) is 47.3 Å². The van der Waals surface area contributed by atoms with Gasteiger partial charge in [-0.1, -0.05) is 24.3 Å². The van der Waals surface area contributed by atoms with Crippen molar-refractivity contribution in [2.24, 2.45) is 0 Å². The van der Waals surface area contributed by atoms with E-state index in [1.807, 2.05) is 6.07 Å². The van der Waals surface area contributed by atoms with Crippen LogP contribution in [-0.2, 0) is 11.2 Å². The Kier molecular flexibility index (Phi) is 3.56. The molecule has 0 fully saturated rings. The lowest BCUT2D eigenvalue weighted by Crippen LogP contribution is -2.22. The van der Waals surface area contributed by atoms with Gasteiger partial charge in [0.25, 0.3) is 0 Å². The Hall–Kier alpha value is -2.07. The Morgan fingerprint density at radius 2 is 2.10 bits per heavy atom. The molecule has 20 heavy (non-hydrogen) atoms. The van der Waals surface area contributed by atoms with E-state index in [2.05, 4.69) is 46.0 Å². The number of carbonyl (C=O) groups excluding carboxylic acids is 1. The second-order valence-electron chi connectivity index (χ2n) is 4.73. The molecule has 0 aliphatic carbocycles. The van der Waals surface area contributed by atoms with Gasteiger partial charge >= 0.3 is 0 Å². The van der Waals surface area contributed by atoms with Gasteiger partial charge in [0.05, 0.1) is 10.6 Å². The first-order valence-corrected chi connectivity index (χ1v) is 7.51. The third kappa shape index (κ3) is 2.47. The maximum atomic E-state index is 11.0. The number of H-pyrrole nitrogens is 1. The number of benzene rings is 1. The fourth-order valence-electron chi connectivity index (χ4n) is 2.45. The molecule has 0 radical (unpaired) electrons. The maximum absolute atomic E-state index is 11.0. The molecule has 4 heteroatoms. The van der Waals surface area contributed by atoms with Crippen LogP contribution in [0.3, 0.4) is 0 Å². The number of carbonyl (C=O) groups is 1. The Morgan fingerprint density at radius 3 is 2.85 bits per heavy atom. The summed E-state index contributed by atoms with van der Waals surface area (Å²) < 4.78 is 0. The number of fused-ring (bicyclic) bond motifs is 1. The van der Waals surface area contributed by atoms with Crippen LogP contribution in [-0.4, -0.2) is 17.4 Å². The summed E-state index contributed by atoms with van der Waals surface area (Å²) >= 11 is 1.73. The van der Waals surface area contributed by atoms with Crippen LogP contribution >= 0.6 is 11.3 Å². The molecule has 0 spiro atoms. The normalized spacial score (nSPS) is 10.8. The van der Waals surface area contributed by atoms with E-state index in [1.54, 1.807) is 18.3 Å². The minimum atomic E-state index is 0.0162. The predicted octanol–water partition coefficient (Wildman–Crippen LogP) is 3.58. The Labute approximate surface area is 121 Å². The Morgan fingerprint density at radius 1 is 1.25 bits per heavy atom. The predicted molar refractivity (Wildman–Crippen MR) is 84.0 cm³/mol. The molecule has 0 unspecified atom stereocenters. The van der Waals surface area contributed by atoms with Crippen molar-refractivity contribution >= 4 is 28.1 Å². The van der Waals surface area contributed by atoms with Crippen LogP contribution in [0.5, 0.6) is 0 Å². The number of amides is 1. The van der Waals surface area contributed by atoms with E-state index in [0.29, 0.717) is 6.54 Å². The highest BCUT2D eigenvalue weighted by atomic mass is 32.1. The summed E-state index contributed by atoms with van der Waals surface area (Å²) in [5, 5.41) is 6.19. The number of thiophene rings is 1. The molecule has 0 aliphatic rings. The van der Waals surface area contributed by atoms with Gasteiger partial charge < -0.3 is 10.3 Å². The summed E-state index contributed by atoms with van der Waals surface area (Å²) in [5.41, 5.74) is 3.59. The summed E-state index contributed by atoms with van der Waals surface area (Å²) in [5.74, 6) is 0.0162. The van der Waals surface area contributed by atoms with Crippen LogP contribution in [0, 0.1) is 0 Å². The molecular weight excluding hydrogens is 268 g/mol. The van der Waals surface area contributed by atoms with Crippen molar-refractivity contribution in [2.45, 2.75) is 13.3 Å². The zero-order valence-corrected chi connectivity index (χ0v) is 12.1. The number of hydrogen-bond donors (Lipinski definition) is 2. The third-order valence-corrected chi connectivity index (χ3v) is 4.22. The summed E-state index contributed by atoms with van der Waals surface area (Å²) in [6.07, 6.45) is 0.830. The van der Waals surface area contributed by atoms with Crippen molar-refractivity contribution < 1.29 is 4.79 Å². The molecule has 0 bridgehead atoms. The largest absolute Gasteiger partial charge is 0.356 e. The van der Waals surface area contributed by atoms with Gasteiger partial charge in [-0.25, -0.2) is 0 Å². The van der Waals surface area contributed by atoms with E-state index in [1.165, 1.54) is 21.5 Å². The fourth-order valence-corrected chi connectivity index (χ4v) is 3.21. The monoisotopic (exact) mass is 284 g/mol. The molecule has 102 valence electrons. The number of nitrogens with one attached hydrogen (secondary N) is 2. The van der Waals surface area contributed by atoms with E-state index < -0.39 is 0 Å². The summed E-state index contributed by atoms with van der Waals surface area (Å²) in [7, 11) is 0. The highest BCUT2D eigenvalue weighted by Crippen LogP contribution is 2.33. The van der Waals surface area contributed by atoms with Gasteiger partial charge in [0.15, 0.2) is 0 Å². The lowest BCUT2D eigenvalue weighted by molar-refractivity contribution is -0.118. The third-order valence-electron chi connectivity index (χ3n) is 3.33. The van der Waals surface area contributed by atoms with Crippen LogP contribution in [0.4, 0.5) is 0 Å². The van der Waals surface area contributed by atoms with E-state index in [0.717, 1.165) is 11.9 Å². The standard InChI is InChI=1S/C16H16N2OS/c1-11(19)17-9-8-13-12-5-2-3-6-14(12)18-16(13)15-7-4-10-20-15/h2-7,10,18H,8-9H2,1H3,(H,17,19). The molecular formula is C16H16N2OS. The van der Waals surface area contributed by atoms with Crippen LogP contribution in [0.25, 0.3) is 21.5 Å². The van der Waals surface area contributed by atoms with Crippen molar-refractivity contribution in [3.63, 3.8) is 0 Å². The SMILES string of the molecule is CC(=O)NCCc1c(-c2cccs2)[nH]c2ccccc12. The molecule has 1 amide bonds. The molecule has 3 nitrogen and oxygen atoms in total. The van der Waals surface area contributed by atoms with Gasteiger partial charge in [0.2, 0.25) is 5.91 Å². The van der Waals surface area contributed by atoms with Crippen molar-refractivity contribution in [1.82, 2.24) is 10.3 Å². The van der Waals surface area contributed by atoms with Gasteiger partial charge in [0.1, 0.15) is 0 Å². The summed E-state index contributed by atoms with van der Waals surface area (Å²) in [6, 6.07) is 12.5. The molecule has 0 saturated carbocycles. The average molecular weight is 284 g/mol. The first-order chi connectivity index (χ1) is 9.75. The first kappa shape index (κ1) is 12.9. The molecule has 2 aromatic heterocycles. The molecule has 2 heterocycles. The van der Waals surface area contributed by atoms with E-state index in [4.69, 9.17) is 0 Å². The highest BCUT2D eigenvalue weighted by Gasteiger charge is 2.13. The first-order valence-electron chi connectivity index (χ1n) is 6.63. The van der Waals surface area contributed by atoms with Gasteiger partial charge in [-0.05, 0) is 29.5 Å². The number of aromatic nitrogens is 1. The Bertz CT molecular complexity index is 728. The van der Waals surface area contributed by atoms with Gasteiger partial charge in [-0.2, -0.15) is 0 Å². The zero-order valence-electron chi connectivity index (χ0n) is 11.3. The number of aromatic amines is 1. The quantitative estimate of drug-likeness (QED) is 0.755. The minimum Gasteiger partial charge on any atom is -0.356 e. The summed E-state index contributed by atoms with van der Waals surface area (Å²) in [4.78, 5) is 15.8. The van der Waals surface area contributed by atoms with Crippen molar-refractivity contribution in [1.29, 1.82) is 0 Å².